The van der Waals surface area contributed by atoms with E-state index in [4.69, 9.17) is 0 Å². The summed E-state index contributed by atoms with van der Waals surface area (Å²) in [5.74, 6) is 0.263. The summed E-state index contributed by atoms with van der Waals surface area (Å²) in [6.07, 6.45) is 4.05. The van der Waals surface area contributed by atoms with E-state index in [1.807, 2.05) is 0 Å². The Morgan fingerprint density at radius 2 is 2.06 bits per heavy atom. The third-order valence-electron chi connectivity index (χ3n) is 3.55. The molecule has 0 unspecified atom stereocenters. The highest BCUT2D eigenvalue weighted by atomic mass is 32.2. The lowest BCUT2D eigenvalue weighted by molar-refractivity contribution is 0.0906. The van der Waals surface area contributed by atoms with E-state index in [0.717, 1.165) is 25.9 Å². The van der Waals surface area contributed by atoms with E-state index in [2.05, 4.69) is 4.90 Å². The van der Waals surface area contributed by atoms with Crippen LogP contribution in [-0.2, 0) is 9.84 Å². The normalized spacial score (nSPS) is 23.2. The molecule has 17 heavy (non-hydrogen) atoms. The molecule has 1 aliphatic rings. The number of likely N-dealkylation sites (tertiary alicyclic amines) is 1. The average Bonchev–Trinajstić information content (AvgIpc) is 2.29. The van der Waals surface area contributed by atoms with Gasteiger partial charge in [-0.2, -0.15) is 0 Å². The quantitative estimate of drug-likeness (QED) is 0.778. The summed E-state index contributed by atoms with van der Waals surface area (Å²) >= 11 is 0. The van der Waals surface area contributed by atoms with E-state index in [9.17, 15) is 13.5 Å². The number of aliphatic hydroxyl groups is 1. The largest absolute Gasteiger partial charge is 0.395 e. The second kappa shape index (κ2) is 6.71. The fourth-order valence-corrected chi connectivity index (χ4v) is 3.27. The van der Waals surface area contributed by atoms with Gasteiger partial charge in [-0.25, -0.2) is 8.42 Å². The number of hydrogen-bond donors (Lipinski definition) is 1. The number of sulfone groups is 1. The third kappa shape index (κ3) is 4.56. The molecule has 0 aromatic rings. The Balaban J connectivity index is 2.35. The van der Waals surface area contributed by atoms with Gasteiger partial charge in [-0.1, -0.05) is 6.42 Å². The third-order valence-corrected chi connectivity index (χ3v) is 5.85. The zero-order valence-electron chi connectivity index (χ0n) is 10.9. The SMILES string of the molecule is CC(C)S(=O)(=O)CCCN1CCCC[C@@H]1CO. The Kier molecular flexibility index (Phi) is 5.89. The van der Waals surface area contributed by atoms with Gasteiger partial charge in [-0.15, -0.1) is 0 Å². The van der Waals surface area contributed by atoms with Gasteiger partial charge in [0.05, 0.1) is 17.6 Å². The van der Waals surface area contributed by atoms with Crippen LogP contribution in [0.2, 0.25) is 0 Å². The first-order valence-corrected chi connectivity index (χ1v) is 8.25. The minimum atomic E-state index is -2.91. The summed E-state index contributed by atoms with van der Waals surface area (Å²) in [5, 5.41) is 8.97. The molecule has 1 rings (SSSR count). The first kappa shape index (κ1) is 14.9. The molecule has 0 spiro atoms. The number of nitrogens with zero attached hydrogens (tertiary/aromatic N) is 1. The minimum Gasteiger partial charge on any atom is -0.395 e. The lowest BCUT2D eigenvalue weighted by Gasteiger charge is -2.34. The van der Waals surface area contributed by atoms with Crippen molar-refractivity contribution in [2.24, 2.45) is 0 Å². The number of aliphatic hydroxyl groups excluding tert-OH is 1. The zero-order valence-corrected chi connectivity index (χ0v) is 11.7. The Bertz CT molecular complexity index is 314. The molecule has 1 fully saturated rings. The van der Waals surface area contributed by atoms with Crippen LogP contribution in [0.25, 0.3) is 0 Å². The molecule has 0 aliphatic carbocycles. The van der Waals surface area contributed by atoms with Crippen molar-refractivity contribution in [2.45, 2.75) is 50.8 Å². The predicted molar refractivity (Wildman–Crippen MR) is 69.8 cm³/mol. The fourth-order valence-electron chi connectivity index (χ4n) is 2.27. The monoisotopic (exact) mass is 263 g/mol. The molecule has 0 saturated carbocycles. The van der Waals surface area contributed by atoms with Crippen LogP contribution in [0.15, 0.2) is 0 Å². The van der Waals surface area contributed by atoms with Crippen LogP contribution in [0.5, 0.6) is 0 Å². The lowest BCUT2D eigenvalue weighted by Crippen LogP contribution is -2.42. The van der Waals surface area contributed by atoms with Crippen molar-refractivity contribution in [3.63, 3.8) is 0 Å². The highest BCUT2D eigenvalue weighted by Gasteiger charge is 2.22. The first-order chi connectivity index (χ1) is 7.97. The maximum atomic E-state index is 11.7. The van der Waals surface area contributed by atoms with Gasteiger partial charge >= 0.3 is 0 Å². The van der Waals surface area contributed by atoms with Crippen LogP contribution < -0.4 is 0 Å². The summed E-state index contributed by atoms with van der Waals surface area (Å²) in [4.78, 5) is 2.24. The molecule has 4 nitrogen and oxygen atoms in total. The van der Waals surface area contributed by atoms with Crippen molar-refractivity contribution >= 4 is 9.84 Å². The number of hydrogen-bond acceptors (Lipinski definition) is 4. The van der Waals surface area contributed by atoms with Crippen molar-refractivity contribution < 1.29 is 13.5 Å². The average molecular weight is 263 g/mol. The van der Waals surface area contributed by atoms with Crippen molar-refractivity contribution in [1.29, 1.82) is 0 Å². The van der Waals surface area contributed by atoms with Gasteiger partial charge in [0.15, 0.2) is 9.84 Å². The molecule has 0 radical (unpaired) electrons. The summed E-state index contributed by atoms with van der Waals surface area (Å²) < 4.78 is 23.3. The van der Waals surface area contributed by atoms with Crippen molar-refractivity contribution in [2.75, 3.05) is 25.4 Å². The maximum Gasteiger partial charge on any atom is 0.152 e. The summed E-state index contributed by atoms with van der Waals surface area (Å²) in [6.45, 7) is 5.43. The van der Waals surface area contributed by atoms with Gasteiger partial charge < -0.3 is 5.11 Å². The van der Waals surface area contributed by atoms with E-state index in [1.165, 1.54) is 6.42 Å². The molecule has 0 bridgehead atoms. The van der Waals surface area contributed by atoms with E-state index in [1.54, 1.807) is 13.8 Å². The van der Waals surface area contributed by atoms with E-state index >= 15 is 0 Å². The van der Waals surface area contributed by atoms with Crippen molar-refractivity contribution in [1.82, 2.24) is 4.90 Å². The standard InChI is InChI=1S/C12H25NO3S/c1-11(2)17(15,16)9-5-8-13-7-4-3-6-12(13)10-14/h11-12,14H,3-10H2,1-2H3/t12-/m1/s1. The smallest absolute Gasteiger partial charge is 0.152 e. The van der Waals surface area contributed by atoms with Crippen molar-refractivity contribution in [3.8, 4) is 0 Å². The van der Waals surface area contributed by atoms with Gasteiger partial charge in [-0.05, 0) is 46.2 Å². The van der Waals surface area contributed by atoms with E-state index in [0.29, 0.717) is 6.42 Å². The van der Waals surface area contributed by atoms with Gasteiger partial charge in [0, 0.05) is 6.04 Å². The zero-order chi connectivity index (χ0) is 12.9. The van der Waals surface area contributed by atoms with Crippen LogP contribution in [0.1, 0.15) is 39.5 Å². The van der Waals surface area contributed by atoms with Crippen LogP contribution in [0, 0.1) is 0 Å². The second-order valence-electron chi connectivity index (χ2n) is 5.14. The molecule has 5 heteroatoms. The van der Waals surface area contributed by atoms with Gasteiger partial charge in [0.1, 0.15) is 0 Å². The second-order valence-corrected chi connectivity index (χ2v) is 7.81. The summed E-state index contributed by atoms with van der Waals surface area (Å²) in [6, 6.07) is 0.241. The molecule has 102 valence electrons. The Morgan fingerprint density at radius 1 is 1.35 bits per heavy atom. The predicted octanol–water partition coefficient (Wildman–Crippen LogP) is 1.05. The summed E-state index contributed by atoms with van der Waals surface area (Å²) in [5.41, 5.74) is 0. The molecule has 1 atom stereocenters. The highest BCUT2D eigenvalue weighted by Crippen LogP contribution is 2.17. The Labute approximate surface area is 105 Å². The molecular weight excluding hydrogens is 238 g/mol. The molecule has 1 N–H and O–H groups in total. The van der Waals surface area contributed by atoms with Crippen LogP contribution in [0.4, 0.5) is 0 Å². The van der Waals surface area contributed by atoms with Gasteiger partial charge in [0.2, 0.25) is 0 Å². The number of rotatable bonds is 6. The van der Waals surface area contributed by atoms with Crippen molar-refractivity contribution in [3.05, 3.63) is 0 Å². The fraction of sp³-hybridized carbons (Fsp3) is 1.00. The van der Waals surface area contributed by atoms with Crippen LogP contribution in [0.3, 0.4) is 0 Å². The molecule has 0 aromatic carbocycles. The summed E-state index contributed by atoms with van der Waals surface area (Å²) in [7, 11) is -2.91. The topological polar surface area (TPSA) is 57.6 Å². The molecule has 0 aromatic heterocycles. The molecule has 1 aliphatic heterocycles. The minimum absolute atomic E-state index is 0.191. The molecule has 1 saturated heterocycles. The first-order valence-electron chi connectivity index (χ1n) is 6.54. The van der Waals surface area contributed by atoms with Crippen LogP contribution in [-0.4, -0.2) is 55.2 Å². The van der Waals surface area contributed by atoms with Gasteiger partial charge in [-0.3, -0.25) is 4.90 Å². The van der Waals surface area contributed by atoms with Gasteiger partial charge in [0.25, 0.3) is 0 Å². The highest BCUT2D eigenvalue weighted by molar-refractivity contribution is 7.91. The molecule has 1 heterocycles. The number of piperidine rings is 1. The van der Waals surface area contributed by atoms with E-state index in [-0.39, 0.29) is 23.7 Å². The Morgan fingerprint density at radius 3 is 2.65 bits per heavy atom. The van der Waals surface area contributed by atoms with Crippen LogP contribution >= 0.6 is 0 Å². The lowest BCUT2D eigenvalue weighted by atomic mass is 10.0. The Hall–Kier alpha value is -0.130. The molecular formula is C12H25NO3S. The molecule has 0 amide bonds. The maximum absolute atomic E-state index is 11.7. The van der Waals surface area contributed by atoms with E-state index < -0.39 is 9.84 Å².